The second kappa shape index (κ2) is 12.2. The van der Waals surface area contributed by atoms with Crippen LogP contribution >= 0.6 is 0 Å². The molecule has 4 nitrogen and oxygen atoms in total. The first kappa shape index (κ1) is 21.9. The molecule has 1 aliphatic heterocycles. The molecule has 0 aromatic carbocycles. The van der Waals surface area contributed by atoms with Gasteiger partial charge in [-0.3, -0.25) is 9.28 Å². The lowest BCUT2D eigenvalue weighted by Crippen LogP contribution is -2.62. The number of carbonyl (C=O) groups is 1. The maximum Gasteiger partial charge on any atom is 0.221 e. The predicted octanol–water partition coefficient (Wildman–Crippen LogP) is 4.80. The Morgan fingerprint density at radius 3 is 2.44 bits per heavy atom. The van der Waals surface area contributed by atoms with Gasteiger partial charge >= 0.3 is 0 Å². The first-order chi connectivity index (χ1) is 12.1. The second-order valence-corrected chi connectivity index (χ2v) is 7.33. The van der Waals surface area contributed by atoms with Crippen LogP contribution in [-0.2, 0) is 4.79 Å². The summed E-state index contributed by atoms with van der Waals surface area (Å²) in [6.07, 6.45) is 16.1. The molecule has 0 spiro atoms. The number of rotatable bonds is 13. The molecule has 144 valence electrons. The Balaban J connectivity index is 2.25. The predicted molar refractivity (Wildman–Crippen MR) is 108 cm³/mol. The summed E-state index contributed by atoms with van der Waals surface area (Å²) in [6.45, 7) is 11.0. The Morgan fingerprint density at radius 2 is 1.84 bits per heavy atom. The lowest BCUT2D eigenvalue weighted by Gasteiger charge is -2.39. The van der Waals surface area contributed by atoms with Crippen LogP contribution in [0, 0.1) is 0 Å². The van der Waals surface area contributed by atoms with Gasteiger partial charge in [-0.1, -0.05) is 44.3 Å². The Labute approximate surface area is 155 Å². The lowest BCUT2D eigenvalue weighted by molar-refractivity contribution is -0.861. The molecular formula is C21H40N3O+. The normalized spacial score (nSPS) is 21.5. The molecule has 2 unspecified atom stereocenters. The minimum atomic E-state index is 0.0547. The smallest absolute Gasteiger partial charge is 0.221 e. The topological polar surface area (TPSA) is 41.5 Å². The Hall–Kier alpha value is -1.16. The number of amidine groups is 1. The summed E-state index contributed by atoms with van der Waals surface area (Å²) in [4.78, 5) is 16.3. The van der Waals surface area contributed by atoms with Crippen molar-refractivity contribution in [3.8, 4) is 0 Å². The van der Waals surface area contributed by atoms with Gasteiger partial charge in [0.25, 0.3) is 0 Å². The van der Waals surface area contributed by atoms with E-state index < -0.39 is 0 Å². The zero-order valence-electron chi connectivity index (χ0n) is 17.0. The number of hydrogen-bond acceptors (Lipinski definition) is 2. The largest absolute Gasteiger partial charge is 0.307 e. The standard InChI is InChI=1S/C21H39N3O/c1-5-7-8-9-10-11-12-13-14-15-16-21-22-17-18-24(21,6-2)19(3)23-20(4)25/h5,7,19H,6,8-18H2,1-4H3/p+1/b7-5+. The minimum absolute atomic E-state index is 0.0547. The molecule has 2 atom stereocenters. The second-order valence-electron chi connectivity index (χ2n) is 7.33. The van der Waals surface area contributed by atoms with Crippen molar-refractivity contribution in [1.29, 1.82) is 0 Å². The van der Waals surface area contributed by atoms with Crippen LogP contribution in [0.4, 0.5) is 0 Å². The molecule has 1 N–H and O–H groups in total. The molecule has 25 heavy (non-hydrogen) atoms. The number of unbranched alkanes of at least 4 members (excludes halogenated alkanes) is 7. The molecule has 0 saturated carbocycles. The van der Waals surface area contributed by atoms with Crippen molar-refractivity contribution < 1.29 is 9.28 Å². The van der Waals surface area contributed by atoms with Crippen molar-refractivity contribution in [3.63, 3.8) is 0 Å². The van der Waals surface area contributed by atoms with Gasteiger partial charge < -0.3 is 5.32 Å². The van der Waals surface area contributed by atoms with Crippen molar-refractivity contribution in [2.45, 2.75) is 91.6 Å². The van der Waals surface area contributed by atoms with Crippen LogP contribution in [0.2, 0.25) is 0 Å². The highest BCUT2D eigenvalue weighted by atomic mass is 16.1. The zero-order valence-corrected chi connectivity index (χ0v) is 17.0. The summed E-state index contributed by atoms with van der Waals surface area (Å²) in [6, 6.07) is 0. The number of likely N-dealkylation sites (N-methyl/N-ethyl adjacent to an activating group) is 1. The van der Waals surface area contributed by atoms with E-state index in [4.69, 9.17) is 4.99 Å². The van der Waals surface area contributed by atoms with Crippen LogP contribution in [0.1, 0.15) is 85.5 Å². The number of carbonyl (C=O) groups excluding carboxylic acids is 1. The van der Waals surface area contributed by atoms with Crippen molar-refractivity contribution >= 4 is 11.7 Å². The number of aliphatic imine (C=N–C) groups is 1. The fourth-order valence-corrected chi connectivity index (χ4v) is 3.97. The quantitative estimate of drug-likeness (QED) is 0.289. The van der Waals surface area contributed by atoms with Crippen molar-refractivity contribution in [1.82, 2.24) is 5.32 Å². The van der Waals surface area contributed by atoms with E-state index in [0.717, 1.165) is 30.5 Å². The van der Waals surface area contributed by atoms with Crippen molar-refractivity contribution in [2.24, 2.45) is 4.99 Å². The highest BCUT2D eigenvalue weighted by Crippen LogP contribution is 2.23. The summed E-state index contributed by atoms with van der Waals surface area (Å²) in [7, 11) is 0. The average Bonchev–Trinajstić information content (AvgIpc) is 3.00. The van der Waals surface area contributed by atoms with Gasteiger partial charge in [0.15, 0.2) is 12.0 Å². The first-order valence-electron chi connectivity index (χ1n) is 10.4. The molecular weight excluding hydrogens is 310 g/mol. The molecule has 0 aliphatic carbocycles. The molecule has 1 rings (SSSR count). The molecule has 1 aliphatic rings. The van der Waals surface area contributed by atoms with Crippen LogP contribution < -0.4 is 5.32 Å². The van der Waals surface area contributed by atoms with E-state index in [2.05, 4.69) is 38.2 Å². The maximum absolute atomic E-state index is 11.5. The van der Waals surface area contributed by atoms with Gasteiger partial charge in [0.05, 0.1) is 13.1 Å². The number of nitrogens with zero attached hydrogens (tertiary/aromatic N) is 2. The van der Waals surface area contributed by atoms with Crippen LogP contribution in [0.3, 0.4) is 0 Å². The third kappa shape index (κ3) is 7.31. The Bertz CT molecular complexity index is 444. The third-order valence-electron chi connectivity index (χ3n) is 5.53. The molecule has 4 heteroatoms. The number of quaternary nitrogens is 1. The highest BCUT2D eigenvalue weighted by Gasteiger charge is 2.41. The van der Waals surface area contributed by atoms with Crippen molar-refractivity contribution in [3.05, 3.63) is 12.2 Å². The Kier molecular flexibility index (Phi) is 10.7. The Morgan fingerprint density at radius 1 is 1.20 bits per heavy atom. The summed E-state index contributed by atoms with van der Waals surface area (Å²) in [5.74, 6) is 1.36. The van der Waals surface area contributed by atoms with E-state index in [9.17, 15) is 4.79 Å². The van der Waals surface area contributed by atoms with Crippen molar-refractivity contribution in [2.75, 3.05) is 19.6 Å². The van der Waals surface area contributed by atoms with Gasteiger partial charge in [0.1, 0.15) is 6.54 Å². The van der Waals surface area contributed by atoms with Gasteiger partial charge in [-0.2, -0.15) is 0 Å². The first-order valence-corrected chi connectivity index (χ1v) is 10.4. The molecule has 0 fully saturated rings. The van der Waals surface area contributed by atoms with E-state index in [1.54, 1.807) is 6.92 Å². The third-order valence-corrected chi connectivity index (χ3v) is 5.53. The average molecular weight is 351 g/mol. The minimum Gasteiger partial charge on any atom is -0.307 e. The van der Waals surface area contributed by atoms with Crippen LogP contribution in [0.15, 0.2) is 17.1 Å². The zero-order chi connectivity index (χ0) is 18.5. The van der Waals surface area contributed by atoms with Crippen LogP contribution in [0.25, 0.3) is 0 Å². The van der Waals surface area contributed by atoms with E-state index in [1.807, 2.05) is 0 Å². The molecule has 0 radical (unpaired) electrons. The number of allylic oxidation sites excluding steroid dienone is 2. The molecule has 0 aromatic rings. The molecule has 1 amide bonds. The summed E-state index contributed by atoms with van der Waals surface area (Å²) < 4.78 is 0.852. The molecule has 1 heterocycles. The monoisotopic (exact) mass is 350 g/mol. The molecule has 0 bridgehead atoms. The number of amides is 1. The molecule has 0 saturated heterocycles. The van der Waals surface area contributed by atoms with Gasteiger partial charge in [0, 0.05) is 20.3 Å². The molecule has 0 aromatic heterocycles. The highest BCUT2D eigenvalue weighted by molar-refractivity contribution is 5.78. The summed E-state index contributed by atoms with van der Waals surface area (Å²) in [5.41, 5.74) is 0. The maximum atomic E-state index is 11.5. The SMILES string of the molecule is C/C=C/CCCCCCCCCC1=NCC[N+]1(CC)C(C)NC(C)=O. The van der Waals surface area contributed by atoms with Gasteiger partial charge in [0.2, 0.25) is 5.91 Å². The van der Waals surface area contributed by atoms with Crippen LogP contribution in [0.5, 0.6) is 0 Å². The number of hydrogen-bond donors (Lipinski definition) is 1. The number of nitrogens with one attached hydrogen (secondary N) is 1. The van der Waals surface area contributed by atoms with E-state index in [0.29, 0.717) is 0 Å². The van der Waals surface area contributed by atoms with Gasteiger partial charge in [-0.25, -0.2) is 4.99 Å². The van der Waals surface area contributed by atoms with Gasteiger partial charge in [-0.05, 0) is 33.1 Å². The van der Waals surface area contributed by atoms with E-state index in [1.165, 1.54) is 57.2 Å². The lowest BCUT2D eigenvalue weighted by atomic mass is 10.1. The fourth-order valence-electron chi connectivity index (χ4n) is 3.97. The van der Waals surface area contributed by atoms with Gasteiger partial charge in [-0.15, -0.1) is 0 Å². The summed E-state index contributed by atoms with van der Waals surface area (Å²) in [5, 5.41) is 3.09. The van der Waals surface area contributed by atoms with E-state index in [-0.39, 0.29) is 12.1 Å². The summed E-state index contributed by atoms with van der Waals surface area (Å²) >= 11 is 0. The van der Waals surface area contributed by atoms with Crippen LogP contribution in [-0.4, -0.2) is 42.0 Å². The fraction of sp³-hybridized carbons (Fsp3) is 0.810. The van der Waals surface area contributed by atoms with E-state index >= 15 is 0 Å².